The Morgan fingerprint density at radius 3 is 2.13 bits per heavy atom. The van der Waals surface area contributed by atoms with Gasteiger partial charge in [-0.25, -0.2) is 0 Å². The molecule has 0 atom stereocenters. The Morgan fingerprint density at radius 2 is 1.35 bits per heavy atom. The first kappa shape index (κ1) is 18.0. The van der Waals surface area contributed by atoms with E-state index in [4.69, 9.17) is 4.74 Å². The molecule has 0 saturated heterocycles. The molecule has 2 aromatic heterocycles. The van der Waals surface area contributed by atoms with Crippen LogP contribution in [0, 0.1) is 0 Å². The van der Waals surface area contributed by atoms with Crippen molar-refractivity contribution in [2.24, 2.45) is 0 Å². The fourth-order valence-corrected chi connectivity index (χ4v) is 4.38. The lowest BCUT2D eigenvalue weighted by Gasteiger charge is -2.14. The van der Waals surface area contributed by atoms with E-state index in [0.717, 1.165) is 17.0 Å². The predicted molar refractivity (Wildman–Crippen MR) is 126 cm³/mol. The lowest BCUT2D eigenvalue weighted by Crippen LogP contribution is -1.97. The van der Waals surface area contributed by atoms with Crippen molar-refractivity contribution in [3.05, 3.63) is 108 Å². The van der Waals surface area contributed by atoms with Crippen molar-refractivity contribution in [1.82, 2.24) is 9.97 Å². The van der Waals surface area contributed by atoms with Crippen LogP contribution in [0.25, 0.3) is 43.7 Å². The molecule has 0 spiro atoms. The Morgan fingerprint density at radius 1 is 0.581 bits per heavy atom. The molecule has 3 nitrogen and oxygen atoms in total. The van der Waals surface area contributed by atoms with Crippen LogP contribution in [0.2, 0.25) is 0 Å². The van der Waals surface area contributed by atoms with Crippen LogP contribution >= 0.6 is 0 Å². The van der Waals surface area contributed by atoms with Crippen molar-refractivity contribution in [2.75, 3.05) is 0 Å². The third kappa shape index (κ3) is 3.20. The Labute approximate surface area is 180 Å². The summed E-state index contributed by atoms with van der Waals surface area (Å²) in [4.78, 5) is 8.89. The Bertz CT molecular complexity index is 1480. The number of nitrogens with zero attached hydrogens (tertiary/aromatic N) is 2. The smallest absolute Gasteiger partial charge is 0.0886 e. The standard InChI is InChI=1S/C28H20N2O/c1-2-15-29-25(6-1)26-14-7-19(16-30-26)17-31-18-23-11-10-22-9-8-20-4-3-5-21-12-13-24(23)28(22)27(20)21/h1-16H,17-18H2. The second-order valence-corrected chi connectivity index (χ2v) is 7.84. The minimum atomic E-state index is 0.525. The van der Waals surface area contributed by atoms with Gasteiger partial charge in [0.25, 0.3) is 0 Å². The van der Waals surface area contributed by atoms with E-state index in [0.29, 0.717) is 13.2 Å². The van der Waals surface area contributed by atoms with Gasteiger partial charge in [-0.1, -0.05) is 66.7 Å². The zero-order chi connectivity index (χ0) is 20.6. The molecule has 31 heavy (non-hydrogen) atoms. The summed E-state index contributed by atoms with van der Waals surface area (Å²) in [5.74, 6) is 0. The van der Waals surface area contributed by atoms with Gasteiger partial charge in [0.15, 0.2) is 0 Å². The maximum atomic E-state index is 6.09. The first-order valence-electron chi connectivity index (χ1n) is 10.5. The van der Waals surface area contributed by atoms with E-state index in [1.165, 1.54) is 37.9 Å². The van der Waals surface area contributed by atoms with Gasteiger partial charge in [0.05, 0.1) is 24.6 Å². The summed E-state index contributed by atoms with van der Waals surface area (Å²) in [6.45, 7) is 1.09. The first-order chi connectivity index (χ1) is 15.4. The van der Waals surface area contributed by atoms with E-state index >= 15 is 0 Å². The highest BCUT2D eigenvalue weighted by Gasteiger charge is 2.11. The van der Waals surface area contributed by atoms with Gasteiger partial charge in [0, 0.05) is 12.4 Å². The molecule has 3 heteroatoms. The maximum Gasteiger partial charge on any atom is 0.0886 e. The van der Waals surface area contributed by atoms with Crippen LogP contribution in [-0.4, -0.2) is 9.97 Å². The summed E-state index contributed by atoms with van der Waals surface area (Å²) in [6.07, 6.45) is 3.65. The average Bonchev–Trinajstić information content (AvgIpc) is 2.84. The van der Waals surface area contributed by atoms with Crippen LogP contribution < -0.4 is 0 Å². The molecule has 0 N–H and O–H groups in total. The first-order valence-corrected chi connectivity index (χ1v) is 10.5. The molecule has 0 aliphatic carbocycles. The molecule has 148 valence electrons. The minimum absolute atomic E-state index is 0.525. The van der Waals surface area contributed by atoms with E-state index < -0.39 is 0 Å². The van der Waals surface area contributed by atoms with Crippen molar-refractivity contribution in [3.8, 4) is 11.4 Å². The van der Waals surface area contributed by atoms with E-state index in [2.05, 4.69) is 70.6 Å². The van der Waals surface area contributed by atoms with Crippen molar-refractivity contribution in [1.29, 1.82) is 0 Å². The van der Waals surface area contributed by atoms with Crippen molar-refractivity contribution < 1.29 is 4.74 Å². The van der Waals surface area contributed by atoms with E-state index in [1.807, 2.05) is 30.5 Å². The van der Waals surface area contributed by atoms with E-state index in [1.54, 1.807) is 6.20 Å². The quantitative estimate of drug-likeness (QED) is 0.300. The van der Waals surface area contributed by atoms with Crippen molar-refractivity contribution in [2.45, 2.75) is 13.2 Å². The minimum Gasteiger partial charge on any atom is -0.372 e. The monoisotopic (exact) mass is 400 g/mol. The van der Waals surface area contributed by atoms with Gasteiger partial charge in [0.1, 0.15) is 0 Å². The molecular formula is C28H20N2O. The fourth-order valence-electron chi connectivity index (χ4n) is 4.38. The molecule has 0 radical (unpaired) electrons. The third-order valence-electron chi connectivity index (χ3n) is 5.90. The SMILES string of the molecule is c1ccc(-c2ccc(COCc3ccc4ccc5cccc6ccc3c4c56)cn2)nc1. The molecule has 0 bridgehead atoms. The number of pyridine rings is 2. The molecule has 0 unspecified atom stereocenters. The van der Waals surface area contributed by atoms with Gasteiger partial charge in [0.2, 0.25) is 0 Å². The van der Waals surface area contributed by atoms with Gasteiger partial charge in [-0.15, -0.1) is 0 Å². The average molecular weight is 400 g/mol. The number of rotatable bonds is 5. The summed E-state index contributed by atoms with van der Waals surface area (Å²) in [5.41, 5.74) is 4.01. The van der Waals surface area contributed by atoms with Crippen molar-refractivity contribution >= 4 is 32.3 Å². The molecule has 0 saturated carbocycles. The lowest BCUT2D eigenvalue weighted by atomic mass is 9.92. The summed E-state index contributed by atoms with van der Waals surface area (Å²) >= 11 is 0. The van der Waals surface area contributed by atoms with E-state index in [9.17, 15) is 0 Å². The van der Waals surface area contributed by atoms with Crippen LogP contribution in [-0.2, 0) is 18.0 Å². The summed E-state index contributed by atoms with van der Waals surface area (Å²) in [7, 11) is 0. The molecule has 0 aliphatic rings. The second kappa shape index (κ2) is 7.46. The molecule has 0 aliphatic heterocycles. The third-order valence-corrected chi connectivity index (χ3v) is 5.90. The van der Waals surface area contributed by atoms with Crippen molar-refractivity contribution in [3.63, 3.8) is 0 Å². The molecule has 6 rings (SSSR count). The number of ether oxygens (including phenoxy) is 1. The van der Waals surface area contributed by atoms with Crippen LogP contribution in [0.4, 0.5) is 0 Å². The highest BCUT2D eigenvalue weighted by atomic mass is 16.5. The largest absolute Gasteiger partial charge is 0.372 e. The molecular weight excluding hydrogens is 380 g/mol. The lowest BCUT2D eigenvalue weighted by molar-refractivity contribution is 0.108. The number of benzene rings is 4. The summed E-state index contributed by atoms with van der Waals surface area (Å²) < 4.78 is 6.09. The molecule has 6 aromatic rings. The highest BCUT2D eigenvalue weighted by molar-refractivity contribution is 6.23. The Hall–Kier alpha value is -3.82. The number of hydrogen-bond donors (Lipinski definition) is 0. The zero-order valence-electron chi connectivity index (χ0n) is 17.0. The van der Waals surface area contributed by atoms with Gasteiger partial charge in [-0.3, -0.25) is 9.97 Å². The van der Waals surface area contributed by atoms with Gasteiger partial charge in [-0.05, 0) is 61.6 Å². The molecule has 2 heterocycles. The van der Waals surface area contributed by atoms with Crippen LogP contribution in [0.3, 0.4) is 0 Å². The van der Waals surface area contributed by atoms with Gasteiger partial charge in [-0.2, -0.15) is 0 Å². The topological polar surface area (TPSA) is 35.0 Å². The molecule has 0 amide bonds. The Balaban J connectivity index is 1.25. The van der Waals surface area contributed by atoms with Crippen LogP contribution in [0.5, 0.6) is 0 Å². The Kier molecular flexibility index (Phi) is 4.33. The molecule has 0 fully saturated rings. The molecule has 4 aromatic carbocycles. The summed E-state index contributed by atoms with van der Waals surface area (Å²) in [6, 6.07) is 29.6. The normalized spacial score (nSPS) is 11.6. The highest BCUT2D eigenvalue weighted by Crippen LogP contribution is 2.36. The summed E-state index contributed by atoms with van der Waals surface area (Å²) in [5, 5.41) is 7.79. The van der Waals surface area contributed by atoms with Gasteiger partial charge >= 0.3 is 0 Å². The zero-order valence-corrected chi connectivity index (χ0v) is 17.0. The fraction of sp³-hybridized carbons (Fsp3) is 0.0714. The van der Waals surface area contributed by atoms with E-state index in [-0.39, 0.29) is 0 Å². The van der Waals surface area contributed by atoms with Crippen LogP contribution in [0.1, 0.15) is 11.1 Å². The predicted octanol–water partition coefficient (Wildman–Crippen LogP) is 6.76. The maximum absolute atomic E-state index is 6.09. The number of hydrogen-bond acceptors (Lipinski definition) is 3. The second-order valence-electron chi connectivity index (χ2n) is 7.84. The van der Waals surface area contributed by atoms with Crippen LogP contribution in [0.15, 0.2) is 97.3 Å². The van der Waals surface area contributed by atoms with Gasteiger partial charge < -0.3 is 4.74 Å². The number of aromatic nitrogens is 2.